The first-order valence-corrected chi connectivity index (χ1v) is 7.78. The molecule has 120 valence electrons. The predicted molar refractivity (Wildman–Crippen MR) is 83.2 cm³/mol. The van der Waals surface area contributed by atoms with E-state index in [4.69, 9.17) is 4.42 Å². The molecule has 0 spiro atoms. The zero-order chi connectivity index (χ0) is 16.1. The molecule has 0 bridgehead atoms. The summed E-state index contributed by atoms with van der Waals surface area (Å²) in [6.45, 7) is 0.530. The van der Waals surface area contributed by atoms with E-state index in [1.54, 1.807) is 12.1 Å². The Bertz CT molecular complexity index is 724. The molecule has 1 aliphatic rings. The highest BCUT2D eigenvalue weighted by molar-refractivity contribution is 5.89. The van der Waals surface area contributed by atoms with Crippen LogP contribution in [0.2, 0.25) is 0 Å². The van der Waals surface area contributed by atoms with Gasteiger partial charge < -0.3 is 9.73 Å². The van der Waals surface area contributed by atoms with E-state index < -0.39 is 11.7 Å². The van der Waals surface area contributed by atoms with Crippen LogP contribution < -0.4 is 5.32 Å². The molecule has 0 fully saturated rings. The number of halogens is 1. The molecular formula is C17H18FN3O2. The molecule has 1 amide bonds. The minimum atomic E-state index is -0.465. The van der Waals surface area contributed by atoms with Gasteiger partial charge in [0.25, 0.3) is 5.89 Å². The van der Waals surface area contributed by atoms with Gasteiger partial charge in [-0.25, -0.2) is 4.39 Å². The van der Waals surface area contributed by atoms with Crippen molar-refractivity contribution >= 4 is 5.91 Å². The van der Waals surface area contributed by atoms with Gasteiger partial charge in [0.2, 0.25) is 0 Å². The minimum Gasteiger partial charge on any atom is -0.412 e. The third kappa shape index (κ3) is 3.83. The van der Waals surface area contributed by atoms with Crippen LogP contribution in [0.15, 0.2) is 40.3 Å². The SMILES string of the molecule is O=C(NCCC1=CCCCC1)c1nnc(-c2ccccc2F)o1. The second kappa shape index (κ2) is 7.17. The smallest absolute Gasteiger partial charge is 0.308 e. The maximum Gasteiger partial charge on any atom is 0.308 e. The average Bonchev–Trinajstić information content (AvgIpc) is 3.06. The molecule has 1 heterocycles. The summed E-state index contributed by atoms with van der Waals surface area (Å²) in [7, 11) is 0. The van der Waals surface area contributed by atoms with Crippen molar-refractivity contribution < 1.29 is 13.6 Å². The Labute approximate surface area is 133 Å². The van der Waals surface area contributed by atoms with Gasteiger partial charge in [-0.05, 0) is 44.2 Å². The first-order valence-electron chi connectivity index (χ1n) is 7.78. The second-order valence-electron chi connectivity index (χ2n) is 5.51. The normalized spacial score (nSPS) is 14.4. The Morgan fingerprint density at radius 2 is 2.13 bits per heavy atom. The quantitative estimate of drug-likeness (QED) is 0.858. The lowest BCUT2D eigenvalue weighted by molar-refractivity contribution is 0.0920. The predicted octanol–water partition coefficient (Wildman–Crippen LogP) is 3.50. The Morgan fingerprint density at radius 1 is 1.26 bits per heavy atom. The molecule has 2 aromatic rings. The summed E-state index contributed by atoms with van der Waals surface area (Å²) in [5.74, 6) is -1.05. The van der Waals surface area contributed by atoms with Crippen molar-refractivity contribution in [3.63, 3.8) is 0 Å². The molecule has 1 N–H and O–H groups in total. The van der Waals surface area contributed by atoms with Gasteiger partial charge in [-0.15, -0.1) is 10.2 Å². The molecule has 0 saturated carbocycles. The zero-order valence-electron chi connectivity index (χ0n) is 12.7. The first-order chi connectivity index (χ1) is 11.2. The fraction of sp³-hybridized carbons (Fsp3) is 0.353. The molecule has 1 aromatic heterocycles. The van der Waals surface area contributed by atoms with Crippen LogP contribution in [-0.2, 0) is 0 Å². The van der Waals surface area contributed by atoms with Gasteiger partial charge in [-0.1, -0.05) is 23.8 Å². The van der Waals surface area contributed by atoms with E-state index >= 15 is 0 Å². The topological polar surface area (TPSA) is 68.0 Å². The summed E-state index contributed by atoms with van der Waals surface area (Å²) in [6, 6.07) is 6.07. The minimum absolute atomic E-state index is 0.00300. The number of amides is 1. The first kappa shape index (κ1) is 15.4. The van der Waals surface area contributed by atoms with Crippen molar-refractivity contribution in [3.05, 3.63) is 47.6 Å². The Hall–Kier alpha value is -2.50. The van der Waals surface area contributed by atoms with Gasteiger partial charge >= 0.3 is 11.8 Å². The lowest BCUT2D eigenvalue weighted by Gasteiger charge is -2.12. The van der Waals surface area contributed by atoms with Crippen LogP contribution in [0.3, 0.4) is 0 Å². The summed E-state index contributed by atoms with van der Waals surface area (Å²) < 4.78 is 18.9. The van der Waals surface area contributed by atoms with E-state index in [-0.39, 0.29) is 17.3 Å². The molecular weight excluding hydrogens is 297 g/mol. The van der Waals surface area contributed by atoms with Gasteiger partial charge in [0.1, 0.15) is 5.82 Å². The van der Waals surface area contributed by atoms with Gasteiger partial charge in [-0.2, -0.15) is 0 Å². The van der Waals surface area contributed by atoms with Crippen molar-refractivity contribution in [2.45, 2.75) is 32.1 Å². The summed E-state index contributed by atoms with van der Waals surface area (Å²) in [4.78, 5) is 12.0. The van der Waals surface area contributed by atoms with Crippen LogP contribution in [0.5, 0.6) is 0 Å². The van der Waals surface area contributed by atoms with Gasteiger partial charge in [0.15, 0.2) is 0 Å². The number of carbonyl (C=O) groups is 1. The third-order valence-electron chi connectivity index (χ3n) is 3.84. The molecule has 1 aromatic carbocycles. The second-order valence-corrected chi connectivity index (χ2v) is 5.51. The lowest BCUT2D eigenvalue weighted by Crippen LogP contribution is -2.25. The Balaban J connectivity index is 1.58. The van der Waals surface area contributed by atoms with Crippen molar-refractivity contribution in [2.24, 2.45) is 0 Å². The van der Waals surface area contributed by atoms with Gasteiger partial charge in [-0.3, -0.25) is 4.79 Å². The van der Waals surface area contributed by atoms with E-state index in [9.17, 15) is 9.18 Å². The molecule has 5 nitrogen and oxygen atoms in total. The number of allylic oxidation sites excluding steroid dienone is 1. The van der Waals surface area contributed by atoms with Gasteiger partial charge in [0.05, 0.1) is 5.56 Å². The van der Waals surface area contributed by atoms with Crippen LogP contribution in [0.4, 0.5) is 4.39 Å². The molecule has 0 atom stereocenters. The molecule has 3 rings (SSSR count). The highest BCUT2D eigenvalue weighted by Crippen LogP contribution is 2.21. The zero-order valence-corrected chi connectivity index (χ0v) is 12.7. The van der Waals surface area contributed by atoms with Crippen molar-refractivity contribution in [3.8, 4) is 11.5 Å². The highest BCUT2D eigenvalue weighted by atomic mass is 19.1. The molecule has 0 aliphatic heterocycles. The average molecular weight is 315 g/mol. The monoisotopic (exact) mass is 315 g/mol. The molecule has 23 heavy (non-hydrogen) atoms. The van der Waals surface area contributed by atoms with Crippen molar-refractivity contribution in [1.29, 1.82) is 0 Å². The fourth-order valence-electron chi connectivity index (χ4n) is 2.60. The van der Waals surface area contributed by atoms with E-state index in [1.165, 1.54) is 30.5 Å². The number of hydrogen-bond acceptors (Lipinski definition) is 4. The van der Waals surface area contributed by atoms with Crippen LogP contribution in [0.25, 0.3) is 11.5 Å². The number of carbonyl (C=O) groups excluding carboxylic acids is 1. The number of nitrogens with one attached hydrogen (secondary N) is 1. The largest absolute Gasteiger partial charge is 0.412 e. The maximum absolute atomic E-state index is 13.7. The summed E-state index contributed by atoms with van der Waals surface area (Å²) >= 11 is 0. The summed E-state index contributed by atoms with van der Waals surface area (Å²) in [5, 5.41) is 10.2. The van der Waals surface area contributed by atoms with E-state index in [2.05, 4.69) is 21.6 Å². The van der Waals surface area contributed by atoms with E-state index in [0.29, 0.717) is 6.54 Å². The third-order valence-corrected chi connectivity index (χ3v) is 3.84. The molecule has 0 unspecified atom stereocenters. The van der Waals surface area contributed by atoms with Crippen LogP contribution in [-0.4, -0.2) is 22.6 Å². The number of nitrogens with zero attached hydrogens (tertiary/aromatic N) is 2. The Kier molecular flexibility index (Phi) is 4.80. The molecule has 0 radical (unpaired) electrons. The number of rotatable bonds is 5. The number of hydrogen-bond donors (Lipinski definition) is 1. The van der Waals surface area contributed by atoms with E-state index in [0.717, 1.165) is 19.3 Å². The highest BCUT2D eigenvalue weighted by Gasteiger charge is 2.17. The van der Waals surface area contributed by atoms with Crippen LogP contribution in [0.1, 0.15) is 42.8 Å². The summed E-state index contributed by atoms with van der Waals surface area (Å²) in [6.07, 6.45) is 7.78. The molecule has 1 aliphatic carbocycles. The fourth-order valence-corrected chi connectivity index (χ4v) is 2.60. The van der Waals surface area contributed by atoms with Crippen LogP contribution in [0, 0.1) is 5.82 Å². The van der Waals surface area contributed by atoms with Crippen LogP contribution >= 0.6 is 0 Å². The lowest BCUT2D eigenvalue weighted by atomic mass is 9.97. The maximum atomic E-state index is 13.7. The summed E-state index contributed by atoms with van der Waals surface area (Å²) in [5.41, 5.74) is 1.57. The number of aromatic nitrogens is 2. The molecule has 6 heteroatoms. The van der Waals surface area contributed by atoms with Crippen molar-refractivity contribution in [1.82, 2.24) is 15.5 Å². The standard InChI is InChI=1S/C17H18FN3O2/c18-14-9-5-4-8-13(14)16-20-21-17(23-16)15(22)19-11-10-12-6-2-1-3-7-12/h4-6,8-9H,1-3,7,10-11H2,(H,19,22). The number of benzene rings is 1. The Morgan fingerprint density at radius 3 is 2.91 bits per heavy atom. The van der Waals surface area contributed by atoms with Crippen molar-refractivity contribution in [2.75, 3.05) is 6.54 Å². The molecule has 0 saturated heterocycles. The van der Waals surface area contributed by atoms with Gasteiger partial charge in [0, 0.05) is 6.54 Å². The van der Waals surface area contributed by atoms with E-state index in [1.807, 2.05) is 0 Å².